The average molecular weight is 317 g/mol. The number of nitrogens with one attached hydrogen (secondary N) is 2. The van der Waals surface area contributed by atoms with Gasteiger partial charge in [-0.15, -0.1) is 0 Å². The Morgan fingerprint density at radius 3 is 2.50 bits per heavy atom. The first-order valence-corrected chi connectivity index (χ1v) is 7.58. The number of H-pyrrole nitrogens is 1. The van der Waals surface area contributed by atoms with Gasteiger partial charge < -0.3 is 15.0 Å². The quantitative estimate of drug-likeness (QED) is 0.586. The summed E-state index contributed by atoms with van der Waals surface area (Å²) in [5.41, 5.74) is 2.59. The van der Waals surface area contributed by atoms with Gasteiger partial charge in [0.05, 0.1) is 6.33 Å². The third-order valence-electron chi connectivity index (χ3n) is 3.59. The number of nitrogens with zero attached hydrogens (tertiary/aromatic N) is 3. The van der Waals surface area contributed by atoms with Gasteiger partial charge in [0, 0.05) is 6.54 Å². The summed E-state index contributed by atoms with van der Waals surface area (Å²) in [6.45, 7) is 0.650. The number of para-hydroxylation sites is 1. The van der Waals surface area contributed by atoms with Crippen molar-refractivity contribution in [1.82, 2.24) is 19.9 Å². The average Bonchev–Trinajstić information content (AvgIpc) is 3.11. The first-order valence-electron chi connectivity index (χ1n) is 7.58. The number of aromatic amines is 1. The second kappa shape index (κ2) is 6.37. The van der Waals surface area contributed by atoms with Crippen LogP contribution >= 0.6 is 0 Å². The molecular weight excluding hydrogens is 302 g/mol. The van der Waals surface area contributed by atoms with Crippen LogP contribution in [-0.2, 0) is 6.54 Å². The van der Waals surface area contributed by atoms with E-state index in [1.165, 1.54) is 6.33 Å². The van der Waals surface area contributed by atoms with Gasteiger partial charge in [0.15, 0.2) is 11.5 Å². The monoisotopic (exact) mass is 317 g/mol. The van der Waals surface area contributed by atoms with Crippen molar-refractivity contribution in [3.8, 4) is 11.5 Å². The summed E-state index contributed by atoms with van der Waals surface area (Å²) >= 11 is 0. The maximum Gasteiger partial charge on any atom is 0.182 e. The molecule has 0 radical (unpaired) electrons. The number of hydrogen-bond donors (Lipinski definition) is 2. The maximum atomic E-state index is 5.79. The number of benzene rings is 2. The molecule has 4 aromatic rings. The summed E-state index contributed by atoms with van der Waals surface area (Å²) in [4.78, 5) is 15.5. The van der Waals surface area contributed by atoms with Gasteiger partial charge in [-0.3, -0.25) is 0 Å². The first kappa shape index (κ1) is 14.2. The van der Waals surface area contributed by atoms with Gasteiger partial charge in [0.2, 0.25) is 0 Å². The minimum absolute atomic E-state index is 0.650. The van der Waals surface area contributed by atoms with E-state index in [1.807, 2.05) is 54.6 Å². The molecule has 2 aromatic carbocycles. The third kappa shape index (κ3) is 3.03. The molecule has 0 aliphatic heterocycles. The number of imidazole rings is 1. The van der Waals surface area contributed by atoms with Crippen LogP contribution in [-0.4, -0.2) is 19.9 Å². The molecule has 0 unspecified atom stereocenters. The lowest BCUT2D eigenvalue weighted by Gasteiger charge is -2.08. The van der Waals surface area contributed by atoms with E-state index in [4.69, 9.17) is 4.74 Å². The summed E-state index contributed by atoms with van der Waals surface area (Å²) < 4.78 is 5.79. The van der Waals surface area contributed by atoms with Crippen molar-refractivity contribution in [2.75, 3.05) is 5.32 Å². The molecule has 2 aromatic heterocycles. The SMILES string of the molecule is c1ccc(Oc2ccc(CNc3ncnc4nc[nH]c34)cc2)cc1. The minimum Gasteiger partial charge on any atom is -0.457 e. The van der Waals surface area contributed by atoms with Crippen LogP contribution in [0.1, 0.15) is 5.56 Å². The van der Waals surface area contributed by atoms with E-state index < -0.39 is 0 Å². The van der Waals surface area contributed by atoms with Crippen LogP contribution < -0.4 is 10.1 Å². The number of fused-ring (bicyclic) bond motifs is 1. The molecule has 4 rings (SSSR count). The van der Waals surface area contributed by atoms with Gasteiger partial charge in [-0.2, -0.15) is 0 Å². The molecule has 118 valence electrons. The Hall–Kier alpha value is -3.41. The fraction of sp³-hybridized carbons (Fsp3) is 0.0556. The Labute approximate surface area is 138 Å². The van der Waals surface area contributed by atoms with Crippen molar-refractivity contribution in [3.05, 3.63) is 72.8 Å². The van der Waals surface area contributed by atoms with Crippen molar-refractivity contribution < 1.29 is 4.74 Å². The molecule has 0 saturated carbocycles. The normalized spacial score (nSPS) is 10.7. The number of anilines is 1. The summed E-state index contributed by atoms with van der Waals surface area (Å²) in [5.74, 6) is 2.37. The molecule has 2 heterocycles. The Kier molecular flexibility index (Phi) is 3.77. The lowest BCUT2D eigenvalue weighted by Crippen LogP contribution is -2.02. The van der Waals surface area contributed by atoms with Crippen molar-refractivity contribution in [2.24, 2.45) is 0 Å². The first-order chi connectivity index (χ1) is 11.9. The molecule has 24 heavy (non-hydrogen) atoms. The zero-order chi connectivity index (χ0) is 16.2. The highest BCUT2D eigenvalue weighted by Gasteiger charge is 2.05. The fourth-order valence-electron chi connectivity index (χ4n) is 2.38. The van der Waals surface area contributed by atoms with Gasteiger partial charge >= 0.3 is 0 Å². The summed E-state index contributed by atoms with van der Waals surface area (Å²) in [6.07, 6.45) is 3.11. The second-order valence-corrected chi connectivity index (χ2v) is 5.24. The van der Waals surface area contributed by atoms with E-state index in [-0.39, 0.29) is 0 Å². The number of rotatable bonds is 5. The molecule has 0 spiro atoms. The topological polar surface area (TPSA) is 75.7 Å². The van der Waals surface area contributed by atoms with Gasteiger partial charge in [0.1, 0.15) is 23.3 Å². The summed E-state index contributed by atoms with van der Waals surface area (Å²) in [5, 5.41) is 3.30. The van der Waals surface area contributed by atoms with Crippen molar-refractivity contribution in [2.45, 2.75) is 6.54 Å². The van der Waals surface area contributed by atoms with E-state index in [0.29, 0.717) is 12.2 Å². The van der Waals surface area contributed by atoms with E-state index in [2.05, 4.69) is 25.3 Å². The van der Waals surface area contributed by atoms with Gasteiger partial charge in [-0.25, -0.2) is 15.0 Å². The van der Waals surface area contributed by atoms with Gasteiger partial charge in [-0.1, -0.05) is 30.3 Å². The predicted molar refractivity (Wildman–Crippen MR) is 92.0 cm³/mol. The summed E-state index contributed by atoms with van der Waals surface area (Å²) in [6, 6.07) is 17.7. The van der Waals surface area contributed by atoms with Crippen molar-refractivity contribution in [1.29, 1.82) is 0 Å². The maximum absolute atomic E-state index is 5.79. The molecule has 0 aliphatic rings. The van der Waals surface area contributed by atoms with Gasteiger partial charge in [0.25, 0.3) is 0 Å². The minimum atomic E-state index is 0.650. The molecule has 0 aliphatic carbocycles. The third-order valence-corrected chi connectivity index (χ3v) is 3.59. The van der Waals surface area contributed by atoms with Crippen LogP contribution in [0.25, 0.3) is 11.2 Å². The van der Waals surface area contributed by atoms with Crippen molar-refractivity contribution in [3.63, 3.8) is 0 Å². The Morgan fingerprint density at radius 2 is 1.67 bits per heavy atom. The molecule has 0 atom stereocenters. The van der Waals surface area contributed by atoms with Crippen LogP contribution in [0.4, 0.5) is 5.82 Å². The predicted octanol–water partition coefficient (Wildman–Crippen LogP) is 3.76. The van der Waals surface area contributed by atoms with Crippen LogP contribution in [0.2, 0.25) is 0 Å². The lowest BCUT2D eigenvalue weighted by atomic mass is 10.2. The van der Waals surface area contributed by atoms with Crippen LogP contribution in [0, 0.1) is 0 Å². The molecule has 0 fully saturated rings. The Morgan fingerprint density at radius 1 is 0.875 bits per heavy atom. The number of hydrogen-bond acceptors (Lipinski definition) is 5. The molecular formula is C18H15N5O. The Balaban J connectivity index is 1.43. The zero-order valence-electron chi connectivity index (χ0n) is 12.8. The summed E-state index contributed by atoms with van der Waals surface area (Å²) in [7, 11) is 0. The molecule has 0 amide bonds. The highest BCUT2D eigenvalue weighted by atomic mass is 16.5. The second-order valence-electron chi connectivity index (χ2n) is 5.24. The van der Waals surface area contributed by atoms with Gasteiger partial charge in [-0.05, 0) is 29.8 Å². The highest BCUT2D eigenvalue weighted by molar-refractivity contribution is 5.81. The smallest absolute Gasteiger partial charge is 0.182 e. The zero-order valence-corrected chi connectivity index (χ0v) is 12.8. The molecule has 6 heteroatoms. The molecule has 2 N–H and O–H groups in total. The fourth-order valence-corrected chi connectivity index (χ4v) is 2.38. The molecule has 6 nitrogen and oxygen atoms in total. The number of ether oxygens (including phenoxy) is 1. The van der Waals surface area contributed by atoms with E-state index in [9.17, 15) is 0 Å². The largest absolute Gasteiger partial charge is 0.457 e. The van der Waals surface area contributed by atoms with Crippen LogP contribution in [0.15, 0.2) is 67.3 Å². The number of aromatic nitrogens is 4. The van der Waals surface area contributed by atoms with Crippen LogP contribution in [0.5, 0.6) is 11.5 Å². The van der Waals surface area contributed by atoms with Crippen molar-refractivity contribution >= 4 is 17.0 Å². The molecule has 0 bridgehead atoms. The Bertz CT molecular complexity index is 934. The van der Waals surface area contributed by atoms with Crippen LogP contribution in [0.3, 0.4) is 0 Å². The standard InChI is InChI=1S/C18H15N5O/c1-2-4-14(5-3-1)24-15-8-6-13(7-9-15)10-19-17-16-18(21-11-20-16)23-12-22-17/h1-9,11-12H,10H2,(H2,19,20,21,22,23). The molecule has 0 saturated heterocycles. The van der Waals surface area contributed by atoms with E-state index in [0.717, 1.165) is 28.4 Å². The van der Waals surface area contributed by atoms with E-state index >= 15 is 0 Å². The highest BCUT2D eigenvalue weighted by Crippen LogP contribution is 2.22. The van der Waals surface area contributed by atoms with E-state index in [1.54, 1.807) is 6.33 Å². The lowest BCUT2D eigenvalue weighted by molar-refractivity contribution is 0.482.